The van der Waals surface area contributed by atoms with Crippen LogP contribution in [0.2, 0.25) is 0 Å². The van der Waals surface area contributed by atoms with Crippen molar-refractivity contribution in [3.05, 3.63) is 294 Å². The van der Waals surface area contributed by atoms with E-state index in [-0.39, 0.29) is 23.0 Å². The van der Waals surface area contributed by atoms with E-state index in [2.05, 4.69) is 349 Å². The van der Waals surface area contributed by atoms with Gasteiger partial charge in [0.15, 0.2) is 0 Å². The lowest BCUT2D eigenvalue weighted by molar-refractivity contribution is 0.483. The van der Waals surface area contributed by atoms with Crippen molar-refractivity contribution in [2.45, 2.75) is 85.5 Å². The van der Waals surface area contributed by atoms with Gasteiger partial charge >= 0.3 is 0 Å². The summed E-state index contributed by atoms with van der Waals surface area (Å²) in [6.45, 7) is 23.2. The Hall–Kier alpha value is -10.3. The first-order valence-electron chi connectivity index (χ1n) is 32.2. The average molecular weight is 1180 g/mol. The fourth-order valence-corrected chi connectivity index (χ4v) is 15.2. The highest BCUT2D eigenvalue weighted by Gasteiger charge is 2.46. The number of benzene rings is 12. The van der Waals surface area contributed by atoms with Gasteiger partial charge < -0.3 is 24.0 Å². The summed E-state index contributed by atoms with van der Waals surface area (Å²) in [6.07, 6.45) is 0. The van der Waals surface area contributed by atoms with Gasteiger partial charge in [-0.15, -0.1) is 0 Å². The highest BCUT2D eigenvalue weighted by Crippen LogP contribution is 2.53. The molecule has 0 saturated heterocycles. The third kappa shape index (κ3) is 9.12. The van der Waals surface area contributed by atoms with Gasteiger partial charge in [-0.05, 0) is 230 Å². The van der Waals surface area contributed by atoms with Crippen LogP contribution in [-0.4, -0.2) is 11.3 Å². The monoisotopic (exact) mass is 1180 g/mol. The number of nitrogens with zero attached hydrogens (tertiary/aromatic N) is 4. The van der Waals surface area contributed by atoms with E-state index in [4.69, 9.17) is 4.74 Å². The van der Waals surface area contributed by atoms with Crippen LogP contribution in [-0.2, 0) is 16.2 Å². The average Bonchev–Trinajstić information content (AvgIpc) is 1.70. The van der Waals surface area contributed by atoms with Crippen LogP contribution in [0.4, 0.5) is 51.2 Å². The summed E-state index contributed by atoms with van der Waals surface area (Å²) in [6, 6.07) is 96.7. The van der Waals surface area contributed by atoms with Crippen LogP contribution >= 0.6 is 0 Å². The first-order chi connectivity index (χ1) is 44.0. The van der Waals surface area contributed by atoms with Crippen molar-refractivity contribution >= 4 is 96.1 Å². The Balaban J connectivity index is 0.788. The van der Waals surface area contributed by atoms with Crippen LogP contribution < -0.4 is 35.8 Å². The molecule has 91 heavy (non-hydrogen) atoms. The fourth-order valence-electron chi connectivity index (χ4n) is 15.2. The normalized spacial score (nSPS) is 13.5. The van der Waals surface area contributed by atoms with Crippen LogP contribution in [0.25, 0.3) is 49.7 Å². The minimum atomic E-state index is -0.298. The number of aryl methyl sites for hydroxylation is 2. The van der Waals surface area contributed by atoms with Crippen LogP contribution in [0.1, 0.15) is 88.8 Å². The Kier molecular flexibility index (Phi) is 12.9. The zero-order valence-electron chi connectivity index (χ0n) is 53.6. The molecule has 13 aromatic rings. The molecule has 1 aliphatic carbocycles. The lowest BCUT2D eigenvalue weighted by Crippen LogP contribution is -2.60. The number of hydrogen-bond donors (Lipinski definition) is 0. The number of fused-ring (bicyclic) bond motifs is 10. The molecule has 2 aliphatic heterocycles. The molecule has 0 unspecified atom stereocenters. The number of anilines is 9. The third-order valence-corrected chi connectivity index (χ3v) is 19.7. The molecule has 0 bridgehead atoms. The fraction of sp³-hybridized carbons (Fsp3) is 0.153. The van der Waals surface area contributed by atoms with Crippen molar-refractivity contribution in [1.82, 2.24) is 4.57 Å². The summed E-state index contributed by atoms with van der Waals surface area (Å²) in [5, 5.41) is 2.44. The summed E-state index contributed by atoms with van der Waals surface area (Å²) >= 11 is 0. The zero-order chi connectivity index (χ0) is 62.2. The largest absolute Gasteiger partial charge is 0.458 e. The van der Waals surface area contributed by atoms with E-state index in [1.807, 2.05) is 0 Å². The van der Waals surface area contributed by atoms with Crippen molar-refractivity contribution in [3.63, 3.8) is 0 Å². The molecule has 1 aromatic heterocycles. The molecular formula is C85H73BN4O. The molecule has 5 nitrogen and oxygen atoms in total. The summed E-state index contributed by atoms with van der Waals surface area (Å²) < 4.78 is 9.89. The molecule has 3 heterocycles. The van der Waals surface area contributed by atoms with E-state index in [0.717, 1.165) is 57.0 Å². The van der Waals surface area contributed by atoms with Gasteiger partial charge in [0.2, 0.25) is 0 Å². The number of para-hydroxylation sites is 5. The minimum Gasteiger partial charge on any atom is -0.458 e. The Bertz CT molecular complexity index is 4930. The van der Waals surface area contributed by atoms with Gasteiger partial charge in [-0.1, -0.05) is 183 Å². The lowest BCUT2D eigenvalue weighted by Gasteiger charge is -2.42. The van der Waals surface area contributed by atoms with Crippen LogP contribution in [0, 0.1) is 13.8 Å². The lowest BCUT2D eigenvalue weighted by atomic mass is 9.33. The SMILES string of the molecule is Cc1cc(-n2c3ccccc3c3cc(N(c4ccccc4)c4ccccc4)ccc32)cc(C)c1-c1ccc(N2c3ccc(C(C)(C)C)cc3B3c4cc5c(cc4Oc4cc(C(C)(C)C)cc2c43)-c2ccc(N(c3ccccc3)c3ccccc3)cc2C5(C)C)cc1. The van der Waals surface area contributed by atoms with Gasteiger partial charge in [-0.2, -0.15) is 0 Å². The van der Waals surface area contributed by atoms with Crippen molar-refractivity contribution in [2.24, 2.45) is 0 Å². The molecule has 0 atom stereocenters. The number of hydrogen-bond acceptors (Lipinski definition) is 4. The van der Waals surface area contributed by atoms with E-state index in [1.165, 1.54) is 105 Å². The second-order valence-electron chi connectivity index (χ2n) is 27.9. The summed E-state index contributed by atoms with van der Waals surface area (Å²) in [5.41, 5.74) is 29.5. The molecule has 0 fully saturated rings. The summed E-state index contributed by atoms with van der Waals surface area (Å²) in [5.74, 6) is 1.86. The Labute approximate surface area is 536 Å². The van der Waals surface area contributed by atoms with Gasteiger partial charge in [0.1, 0.15) is 11.5 Å². The maximum atomic E-state index is 7.44. The molecule has 6 heteroatoms. The van der Waals surface area contributed by atoms with Crippen molar-refractivity contribution < 1.29 is 4.74 Å². The number of rotatable bonds is 9. The zero-order valence-corrected chi connectivity index (χ0v) is 53.6. The van der Waals surface area contributed by atoms with Crippen LogP contribution in [0.15, 0.2) is 261 Å². The van der Waals surface area contributed by atoms with Crippen LogP contribution in [0.5, 0.6) is 11.5 Å². The quantitative estimate of drug-likeness (QED) is 0.134. The molecule has 0 amide bonds. The standard InChI is InChI=1S/C85H73BN4O/c1-54-45-66(90-75-34-24-23-33-68(75)70-50-64(41-44-76(70)90)87(59-25-15-11-16-26-59)60-27-17-12-18-28-60)46-55(2)81(54)56-35-38-63(39-36-56)89-77-43-37-57(83(3,4)5)47-73(77)86-74-53-72-69(52-79(74)91-80-49-58(84(6,7)8)48-78(89)82(80)86)67-42-40-65(51-71(67)85(72,9)10)88(61-29-19-13-20-30-61)62-31-21-14-22-32-62/h11-53H,1-10H3. The first kappa shape index (κ1) is 56.0. The van der Waals surface area contributed by atoms with Crippen molar-refractivity contribution in [3.8, 4) is 39.4 Å². The van der Waals surface area contributed by atoms with Crippen molar-refractivity contribution in [2.75, 3.05) is 14.7 Å². The van der Waals surface area contributed by atoms with Gasteiger partial charge in [0, 0.05) is 73.1 Å². The first-order valence-corrected chi connectivity index (χ1v) is 32.2. The number of aromatic nitrogens is 1. The van der Waals surface area contributed by atoms with E-state index in [1.54, 1.807) is 0 Å². The van der Waals surface area contributed by atoms with E-state index >= 15 is 0 Å². The topological polar surface area (TPSA) is 23.9 Å². The second kappa shape index (κ2) is 20.9. The Morgan fingerprint density at radius 3 is 1.53 bits per heavy atom. The summed E-state index contributed by atoms with van der Waals surface area (Å²) in [7, 11) is 0. The van der Waals surface area contributed by atoms with Gasteiger partial charge in [0.25, 0.3) is 6.71 Å². The molecule has 442 valence electrons. The molecule has 16 rings (SSSR count). The molecule has 0 radical (unpaired) electrons. The number of ether oxygens (including phenoxy) is 1. The molecule has 0 N–H and O–H groups in total. The van der Waals surface area contributed by atoms with E-state index in [9.17, 15) is 0 Å². The molecule has 12 aromatic carbocycles. The molecule has 0 spiro atoms. The smallest absolute Gasteiger partial charge is 0.256 e. The molecule has 3 aliphatic rings. The predicted molar refractivity (Wildman–Crippen MR) is 386 cm³/mol. The van der Waals surface area contributed by atoms with Crippen molar-refractivity contribution in [1.29, 1.82) is 0 Å². The Morgan fingerprint density at radius 2 is 0.934 bits per heavy atom. The maximum Gasteiger partial charge on any atom is 0.256 e. The van der Waals surface area contributed by atoms with E-state index < -0.39 is 0 Å². The molecular weight excluding hydrogens is 1100 g/mol. The minimum absolute atomic E-state index is 0.0682. The highest BCUT2D eigenvalue weighted by molar-refractivity contribution is 6.99. The van der Waals surface area contributed by atoms with Gasteiger partial charge in [-0.25, -0.2) is 0 Å². The van der Waals surface area contributed by atoms with E-state index in [0.29, 0.717) is 0 Å². The van der Waals surface area contributed by atoms with Gasteiger partial charge in [-0.3, -0.25) is 0 Å². The molecule has 0 saturated carbocycles. The van der Waals surface area contributed by atoms with Crippen LogP contribution in [0.3, 0.4) is 0 Å². The Morgan fingerprint density at radius 1 is 0.396 bits per heavy atom. The summed E-state index contributed by atoms with van der Waals surface area (Å²) in [4.78, 5) is 7.25. The third-order valence-electron chi connectivity index (χ3n) is 19.7. The highest BCUT2D eigenvalue weighted by atomic mass is 16.5. The second-order valence-corrected chi connectivity index (χ2v) is 27.9. The predicted octanol–water partition coefficient (Wildman–Crippen LogP) is 21.3. The maximum absolute atomic E-state index is 7.44. The van der Waals surface area contributed by atoms with Gasteiger partial charge in [0.05, 0.1) is 11.0 Å².